The smallest absolute Gasteiger partial charge is 0.289 e. The van der Waals surface area contributed by atoms with E-state index in [1.54, 1.807) is 30.3 Å². The standard InChI is InChI=1S/C24H24ClN3O9S/c1-34-10-8-27(38(32,33)19-5-6-20(25)21(12-19)28(30)31)15-24(29)26(14-18-3-2-9-35-18)13-17-4-7-22-23(11-17)37-16-36-22/h2-7,9,11-12H,8,10,13-16H2,1H3. The fourth-order valence-electron chi connectivity index (χ4n) is 3.75. The number of nitro groups is 1. The first-order valence-corrected chi connectivity index (χ1v) is 13.1. The topological polar surface area (TPSA) is 142 Å². The van der Waals surface area contributed by atoms with Crippen LogP contribution in [-0.2, 0) is 32.6 Å². The van der Waals surface area contributed by atoms with E-state index in [0.717, 1.165) is 28.1 Å². The predicted octanol–water partition coefficient (Wildman–Crippen LogP) is 3.44. The predicted molar refractivity (Wildman–Crippen MR) is 134 cm³/mol. The number of amides is 1. The Kier molecular flexibility index (Phi) is 8.52. The highest BCUT2D eigenvalue weighted by atomic mass is 35.5. The van der Waals surface area contributed by atoms with Crippen LogP contribution in [0.25, 0.3) is 0 Å². The largest absolute Gasteiger partial charge is 0.467 e. The SMILES string of the molecule is COCCN(CC(=O)N(Cc1ccc2c(c1)OCO2)Cc1ccco1)S(=O)(=O)c1ccc(Cl)c([N+](=O)[O-])c1. The minimum atomic E-state index is -4.33. The molecule has 14 heteroatoms. The number of carbonyl (C=O) groups is 1. The molecule has 12 nitrogen and oxygen atoms in total. The number of nitrogens with zero attached hydrogens (tertiary/aromatic N) is 3. The molecule has 1 aliphatic rings. The minimum Gasteiger partial charge on any atom is -0.467 e. The van der Waals surface area contributed by atoms with Gasteiger partial charge in [0.2, 0.25) is 22.7 Å². The Morgan fingerprint density at radius 2 is 1.92 bits per heavy atom. The van der Waals surface area contributed by atoms with Gasteiger partial charge in [0.1, 0.15) is 10.8 Å². The van der Waals surface area contributed by atoms with E-state index in [1.165, 1.54) is 18.3 Å². The third-order valence-corrected chi connectivity index (χ3v) is 7.86. The number of nitro benzene ring substituents is 1. The summed E-state index contributed by atoms with van der Waals surface area (Å²) in [6.07, 6.45) is 1.47. The number of furan rings is 1. The van der Waals surface area contributed by atoms with Crippen LogP contribution in [0, 0.1) is 10.1 Å². The molecule has 3 aromatic rings. The second-order valence-electron chi connectivity index (χ2n) is 8.22. The summed E-state index contributed by atoms with van der Waals surface area (Å²) in [7, 11) is -2.94. The van der Waals surface area contributed by atoms with E-state index in [9.17, 15) is 23.3 Å². The van der Waals surface area contributed by atoms with Crippen LogP contribution in [0.2, 0.25) is 5.02 Å². The minimum absolute atomic E-state index is 0.0114. The van der Waals surface area contributed by atoms with Gasteiger partial charge in [-0.1, -0.05) is 17.7 Å². The molecule has 0 fully saturated rings. The summed E-state index contributed by atoms with van der Waals surface area (Å²) in [4.78, 5) is 25.1. The highest BCUT2D eigenvalue weighted by Crippen LogP contribution is 2.33. The van der Waals surface area contributed by atoms with Crippen molar-refractivity contribution < 1.29 is 36.8 Å². The van der Waals surface area contributed by atoms with Crippen LogP contribution in [0.5, 0.6) is 11.5 Å². The van der Waals surface area contributed by atoms with Crippen LogP contribution in [-0.4, -0.2) is 62.1 Å². The number of ether oxygens (including phenoxy) is 3. The zero-order chi connectivity index (χ0) is 27.3. The maximum Gasteiger partial charge on any atom is 0.289 e. The first-order chi connectivity index (χ1) is 18.2. The highest BCUT2D eigenvalue weighted by molar-refractivity contribution is 7.89. The van der Waals surface area contributed by atoms with E-state index in [2.05, 4.69) is 0 Å². The Balaban J connectivity index is 1.61. The van der Waals surface area contributed by atoms with Crippen molar-refractivity contribution in [1.82, 2.24) is 9.21 Å². The van der Waals surface area contributed by atoms with Gasteiger partial charge in [-0.05, 0) is 42.0 Å². The van der Waals surface area contributed by atoms with Crippen LogP contribution in [0.4, 0.5) is 5.69 Å². The third-order valence-electron chi connectivity index (χ3n) is 5.70. The number of hydrogen-bond donors (Lipinski definition) is 0. The average molecular weight is 566 g/mol. The molecule has 0 radical (unpaired) electrons. The van der Waals surface area contributed by atoms with Gasteiger partial charge in [0, 0.05) is 26.3 Å². The Labute approximate surface area is 223 Å². The van der Waals surface area contributed by atoms with E-state index in [-0.39, 0.29) is 43.0 Å². The Bertz CT molecular complexity index is 1410. The highest BCUT2D eigenvalue weighted by Gasteiger charge is 2.31. The summed E-state index contributed by atoms with van der Waals surface area (Å²) in [5.74, 6) is 1.11. The summed E-state index contributed by atoms with van der Waals surface area (Å²) >= 11 is 5.85. The van der Waals surface area contributed by atoms with Crippen molar-refractivity contribution >= 4 is 33.2 Å². The quantitative estimate of drug-likeness (QED) is 0.238. The summed E-state index contributed by atoms with van der Waals surface area (Å²) in [6.45, 7) is -0.426. The number of hydrogen-bond acceptors (Lipinski definition) is 9. The number of methoxy groups -OCH3 is 1. The number of benzene rings is 2. The Morgan fingerprint density at radius 3 is 2.63 bits per heavy atom. The van der Waals surface area contributed by atoms with E-state index in [0.29, 0.717) is 17.3 Å². The van der Waals surface area contributed by atoms with E-state index >= 15 is 0 Å². The van der Waals surface area contributed by atoms with Crippen molar-refractivity contribution in [2.24, 2.45) is 0 Å². The molecule has 4 rings (SSSR count). The average Bonchev–Trinajstić information content (AvgIpc) is 3.57. The summed E-state index contributed by atoms with van der Waals surface area (Å²) in [5.41, 5.74) is 0.168. The number of fused-ring (bicyclic) bond motifs is 1. The third kappa shape index (κ3) is 6.25. The molecule has 0 aliphatic carbocycles. The van der Waals surface area contributed by atoms with Crippen LogP contribution < -0.4 is 9.47 Å². The lowest BCUT2D eigenvalue weighted by molar-refractivity contribution is -0.384. The fourth-order valence-corrected chi connectivity index (χ4v) is 5.33. The van der Waals surface area contributed by atoms with Gasteiger partial charge in [-0.3, -0.25) is 14.9 Å². The molecule has 202 valence electrons. The maximum absolute atomic E-state index is 13.5. The van der Waals surface area contributed by atoms with Crippen molar-refractivity contribution in [3.05, 3.63) is 81.3 Å². The van der Waals surface area contributed by atoms with Gasteiger partial charge in [0.25, 0.3) is 5.69 Å². The summed E-state index contributed by atoms with van der Waals surface area (Å²) < 4.78 is 49.1. The molecule has 2 heterocycles. The molecule has 2 aromatic carbocycles. The normalized spacial score (nSPS) is 12.6. The van der Waals surface area contributed by atoms with E-state index in [4.69, 9.17) is 30.2 Å². The summed E-state index contributed by atoms with van der Waals surface area (Å²) in [5, 5.41) is 11.1. The lowest BCUT2D eigenvalue weighted by Gasteiger charge is -2.27. The zero-order valence-electron chi connectivity index (χ0n) is 20.2. The number of rotatable bonds is 12. The monoisotopic (exact) mass is 565 g/mol. The molecule has 38 heavy (non-hydrogen) atoms. The van der Waals surface area contributed by atoms with Gasteiger partial charge in [-0.25, -0.2) is 8.42 Å². The molecule has 1 aliphatic heterocycles. The van der Waals surface area contributed by atoms with E-state index in [1.807, 2.05) is 0 Å². The molecule has 0 bridgehead atoms. The zero-order valence-corrected chi connectivity index (χ0v) is 21.8. The van der Waals surface area contributed by atoms with Crippen molar-refractivity contribution in [2.75, 3.05) is 33.6 Å². The van der Waals surface area contributed by atoms with Crippen molar-refractivity contribution in [3.8, 4) is 11.5 Å². The van der Waals surface area contributed by atoms with Gasteiger partial charge in [-0.15, -0.1) is 0 Å². The van der Waals surface area contributed by atoms with Gasteiger partial charge in [0.15, 0.2) is 11.5 Å². The van der Waals surface area contributed by atoms with Crippen molar-refractivity contribution in [2.45, 2.75) is 18.0 Å². The number of carbonyl (C=O) groups excluding carboxylic acids is 1. The van der Waals surface area contributed by atoms with Gasteiger partial charge >= 0.3 is 0 Å². The molecule has 0 unspecified atom stereocenters. The number of sulfonamides is 1. The maximum atomic E-state index is 13.5. The lowest BCUT2D eigenvalue weighted by Crippen LogP contribution is -2.43. The van der Waals surface area contributed by atoms with Crippen molar-refractivity contribution in [1.29, 1.82) is 0 Å². The molecule has 0 spiro atoms. The fraction of sp³-hybridized carbons (Fsp3) is 0.292. The van der Waals surface area contributed by atoms with Crippen LogP contribution in [0.3, 0.4) is 0 Å². The number of halogens is 1. The van der Waals surface area contributed by atoms with Gasteiger partial charge in [-0.2, -0.15) is 4.31 Å². The van der Waals surface area contributed by atoms with Crippen molar-refractivity contribution in [3.63, 3.8) is 0 Å². The molecule has 0 saturated heterocycles. The van der Waals surface area contributed by atoms with Crippen LogP contribution >= 0.6 is 11.6 Å². The first-order valence-electron chi connectivity index (χ1n) is 11.3. The molecule has 0 saturated carbocycles. The van der Waals surface area contributed by atoms with Crippen LogP contribution in [0.1, 0.15) is 11.3 Å². The Morgan fingerprint density at radius 1 is 1.13 bits per heavy atom. The van der Waals surface area contributed by atoms with Crippen LogP contribution in [0.15, 0.2) is 64.1 Å². The molecular formula is C24H24ClN3O9S. The first kappa shape index (κ1) is 27.4. The second kappa shape index (κ2) is 11.8. The molecular weight excluding hydrogens is 542 g/mol. The van der Waals surface area contributed by atoms with E-state index < -0.39 is 33.1 Å². The van der Waals surface area contributed by atoms with Gasteiger partial charge in [0.05, 0.1) is 35.8 Å². The molecule has 1 aromatic heterocycles. The second-order valence-corrected chi connectivity index (χ2v) is 10.6. The Hall–Kier alpha value is -3.65. The lowest BCUT2D eigenvalue weighted by atomic mass is 10.2. The van der Waals surface area contributed by atoms with Gasteiger partial charge < -0.3 is 23.5 Å². The molecule has 0 atom stereocenters. The summed E-state index contributed by atoms with van der Waals surface area (Å²) in [6, 6.07) is 11.8. The molecule has 1 amide bonds. The molecule has 0 N–H and O–H groups in total.